The van der Waals surface area contributed by atoms with E-state index in [2.05, 4.69) is 39.2 Å². The molecular weight excluding hydrogens is 515 g/mol. The van der Waals surface area contributed by atoms with Crippen molar-refractivity contribution in [1.82, 2.24) is 25.3 Å². The van der Waals surface area contributed by atoms with Crippen LogP contribution in [0.25, 0.3) is 0 Å². The highest BCUT2D eigenvalue weighted by Gasteiger charge is 2.29. The van der Waals surface area contributed by atoms with Crippen LogP contribution in [0.2, 0.25) is 0 Å². The first-order valence-corrected chi connectivity index (χ1v) is 12.9. The molecule has 1 amide bonds. The maximum atomic E-state index is 12.6. The zero-order valence-corrected chi connectivity index (χ0v) is 22.8. The molecule has 1 saturated carbocycles. The van der Waals surface area contributed by atoms with Crippen molar-refractivity contribution in [3.05, 3.63) is 0 Å². The second kappa shape index (κ2) is 15.3. The highest BCUT2D eigenvalue weighted by atomic mass is 127. The molecule has 8 heteroatoms. The van der Waals surface area contributed by atoms with Crippen molar-refractivity contribution < 1.29 is 4.79 Å². The highest BCUT2D eigenvalue weighted by Crippen LogP contribution is 2.26. The molecule has 3 aliphatic rings. The number of carbonyl (C=O) groups excluding carboxylic acids is 1. The second-order valence-electron chi connectivity index (χ2n) is 9.71. The summed E-state index contributed by atoms with van der Waals surface area (Å²) in [6.07, 6.45) is 8.48. The molecule has 0 spiro atoms. The zero-order valence-electron chi connectivity index (χ0n) is 20.5. The molecule has 186 valence electrons. The van der Waals surface area contributed by atoms with Crippen LogP contribution in [0, 0.1) is 11.8 Å². The minimum absolute atomic E-state index is 0. The smallest absolute Gasteiger partial charge is 0.225 e. The van der Waals surface area contributed by atoms with Crippen LogP contribution in [0.1, 0.15) is 58.8 Å². The van der Waals surface area contributed by atoms with Gasteiger partial charge in [0.2, 0.25) is 5.91 Å². The fourth-order valence-electron chi connectivity index (χ4n) is 5.07. The summed E-state index contributed by atoms with van der Waals surface area (Å²) in [6.45, 7) is 15.6. The van der Waals surface area contributed by atoms with Gasteiger partial charge in [0.15, 0.2) is 5.96 Å². The minimum atomic E-state index is 0. The number of rotatable bonds is 9. The number of likely N-dealkylation sites (tertiary alicyclic amines) is 1. The van der Waals surface area contributed by atoms with Crippen LogP contribution in [0.15, 0.2) is 4.99 Å². The number of guanidine groups is 1. The van der Waals surface area contributed by atoms with Crippen LogP contribution < -0.4 is 10.6 Å². The van der Waals surface area contributed by atoms with Crippen molar-refractivity contribution in [3.8, 4) is 0 Å². The molecule has 32 heavy (non-hydrogen) atoms. The third kappa shape index (κ3) is 9.33. The van der Waals surface area contributed by atoms with Crippen molar-refractivity contribution in [2.45, 2.75) is 58.8 Å². The van der Waals surface area contributed by atoms with E-state index >= 15 is 0 Å². The molecule has 7 nitrogen and oxygen atoms in total. The molecule has 1 aliphatic carbocycles. The Labute approximate surface area is 213 Å². The summed E-state index contributed by atoms with van der Waals surface area (Å²) in [4.78, 5) is 24.5. The van der Waals surface area contributed by atoms with Gasteiger partial charge in [-0.1, -0.05) is 19.8 Å². The Hall–Kier alpha value is -0.610. The molecule has 2 saturated heterocycles. The number of hydrogen-bond acceptors (Lipinski definition) is 4. The average molecular weight is 563 g/mol. The van der Waals surface area contributed by atoms with E-state index in [1.807, 2.05) is 0 Å². The Bertz CT molecular complexity index is 553. The van der Waals surface area contributed by atoms with Crippen LogP contribution in [0.3, 0.4) is 0 Å². The van der Waals surface area contributed by atoms with E-state index in [-0.39, 0.29) is 24.0 Å². The van der Waals surface area contributed by atoms with Gasteiger partial charge in [-0.25, -0.2) is 0 Å². The summed E-state index contributed by atoms with van der Waals surface area (Å²) in [5.41, 5.74) is 0. The molecule has 2 N–H and O–H groups in total. The van der Waals surface area contributed by atoms with Gasteiger partial charge in [-0.3, -0.25) is 14.7 Å². The molecule has 0 unspecified atom stereocenters. The second-order valence-corrected chi connectivity index (χ2v) is 9.71. The number of aliphatic imine (C=N–C) groups is 1. The Morgan fingerprint density at radius 3 is 2.22 bits per heavy atom. The molecule has 2 heterocycles. The lowest BCUT2D eigenvalue weighted by Crippen LogP contribution is -2.51. The molecule has 3 rings (SSSR count). The van der Waals surface area contributed by atoms with Crippen LogP contribution in [0.5, 0.6) is 0 Å². The lowest BCUT2D eigenvalue weighted by Gasteiger charge is -2.36. The van der Waals surface area contributed by atoms with E-state index < -0.39 is 0 Å². The van der Waals surface area contributed by atoms with E-state index in [4.69, 9.17) is 4.99 Å². The zero-order chi connectivity index (χ0) is 21.9. The lowest BCUT2D eigenvalue weighted by atomic mass is 9.99. The fraction of sp³-hybridized carbons (Fsp3) is 0.917. The van der Waals surface area contributed by atoms with E-state index in [0.717, 1.165) is 83.5 Å². The molecule has 0 aromatic rings. The number of nitrogens with zero attached hydrogens (tertiary/aromatic N) is 4. The third-order valence-corrected chi connectivity index (χ3v) is 7.23. The SMILES string of the molecule is CCNC(=NCCCN1CCC(C)CC1)NCCN1CCN(C(=O)C2CCCC2)CC1.I. The van der Waals surface area contributed by atoms with Gasteiger partial charge in [-0.05, 0) is 64.6 Å². The van der Waals surface area contributed by atoms with Crippen LogP contribution in [0.4, 0.5) is 0 Å². The summed E-state index contributed by atoms with van der Waals surface area (Å²) in [6, 6.07) is 0. The Balaban J connectivity index is 0.00000363. The Morgan fingerprint density at radius 1 is 0.906 bits per heavy atom. The maximum Gasteiger partial charge on any atom is 0.225 e. The van der Waals surface area contributed by atoms with Gasteiger partial charge in [0, 0.05) is 58.3 Å². The van der Waals surface area contributed by atoms with Crippen LogP contribution in [-0.2, 0) is 4.79 Å². The Kier molecular flexibility index (Phi) is 13.2. The summed E-state index contributed by atoms with van der Waals surface area (Å²) < 4.78 is 0. The number of nitrogens with one attached hydrogen (secondary N) is 2. The van der Waals surface area contributed by atoms with Crippen molar-refractivity contribution in [2.75, 3.05) is 72.0 Å². The quantitative estimate of drug-likeness (QED) is 0.196. The van der Waals surface area contributed by atoms with E-state index in [1.54, 1.807) is 0 Å². The third-order valence-electron chi connectivity index (χ3n) is 7.23. The van der Waals surface area contributed by atoms with Crippen LogP contribution >= 0.6 is 24.0 Å². The number of hydrogen-bond donors (Lipinski definition) is 2. The number of amides is 1. The first-order chi connectivity index (χ1) is 15.2. The molecule has 0 radical (unpaired) electrons. The van der Waals surface area contributed by atoms with Crippen molar-refractivity contribution in [3.63, 3.8) is 0 Å². The van der Waals surface area contributed by atoms with Crippen molar-refractivity contribution in [1.29, 1.82) is 0 Å². The number of carbonyl (C=O) groups is 1. The first-order valence-electron chi connectivity index (χ1n) is 12.9. The molecule has 2 aliphatic heterocycles. The van der Waals surface area contributed by atoms with Gasteiger partial charge in [0.1, 0.15) is 0 Å². The fourth-order valence-corrected chi connectivity index (χ4v) is 5.07. The lowest BCUT2D eigenvalue weighted by molar-refractivity contribution is -0.137. The Morgan fingerprint density at radius 2 is 1.56 bits per heavy atom. The number of halogens is 1. The molecule has 3 fully saturated rings. The molecule has 0 aromatic carbocycles. The van der Waals surface area contributed by atoms with E-state index in [0.29, 0.717) is 11.8 Å². The van der Waals surface area contributed by atoms with Crippen molar-refractivity contribution in [2.24, 2.45) is 16.8 Å². The average Bonchev–Trinajstić information content (AvgIpc) is 3.33. The van der Waals surface area contributed by atoms with Gasteiger partial charge in [0.25, 0.3) is 0 Å². The van der Waals surface area contributed by atoms with Gasteiger partial charge in [0.05, 0.1) is 0 Å². The predicted octanol–water partition coefficient (Wildman–Crippen LogP) is 2.62. The molecule has 0 aromatic heterocycles. The number of piperazine rings is 1. The predicted molar refractivity (Wildman–Crippen MR) is 144 cm³/mol. The van der Waals surface area contributed by atoms with Gasteiger partial charge in [-0.15, -0.1) is 24.0 Å². The topological polar surface area (TPSA) is 63.2 Å². The monoisotopic (exact) mass is 562 g/mol. The van der Waals surface area contributed by atoms with Gasteiger partial charge < -0.3 is 20.4 Å². The largest absolute Gasteiger partial charge is 0.357 e. The normalized spacial score (nSPS) is 22.1. The summed E-state index contributed by atoms with van der Waals surface area (Å²) >= 11 is 0. The molecule has 0 bridgehead atoms. The highest BCUT2D eigenvalue weighted by molar-refractivity contribution is 14.0. The summed E-state index contributed by atoms with van der Waals surface area (Å²) in [7, 11) is 0. The van der Waals surface area contributed by atoms with E-state index in [9.17, 15) is 4.79 Å². The maximum absolute atomic E-state index is 12.6. The van der Waals surface area contributed by atoms with Gasteiger partial charge in [-0.2, -0.15) is 0 Å². The van der Waals surface area contributed by atoms with Crippen LogP contribution in [-0.4, -0.2) is 98.6 Å². The number of piperidine rings is 1. The minimum Gasteiger partial charge on any atom is -0.357 e. The van der Waals surface area contributed by atoms with E-state index in [1.165, 1.54) is 45.3 Å². The molecule has 0 atom stereocenters. The van der Waals surface area contributed by atoms with Crippen molar-refractivity contribution >= 4 is 35.8 Å². The standard InChI is InChI=1S/C24H46N6O.HI/c1-3-25-24(26-11-6-13-28-14-9-21(2)10-15-28)27-12-16-29-17-19-30(20-18-29)23(31)22-7-4-5-8-22;/h21-22H,3-20H2,1-2H3,(H2,25,26,27);1H. The molecular formula is C24H47IN6O. The summed E-state index contributed by atoms with van der Waals surface area (Å²) in [5.74, 6) is 2.56. The summed E-state index contributed by atoms with van der Waals surface area (Å²) in [5, 5.41) is 6.87. The van der Waals surface area contributed by atoms with Gasteiger partial charge >= 0.3 is 0 Å². The first kappa shape index (κ1) is 27.6.